The Morgan fingerprint density at radius 3 is 2.23 bits per heavy atom. The first-order valence-electron chi connectivity index (χ1n) is 6.92. The van der Waals surface area contributed by atoms with Gasteiger partial charge in [0.25, 0.3) is 0 Å². The number of urea groups is 1. The van der Waals surface area contributed by atoms with E-state index in [4.69, 9.17) is 10.5 Å². The van der Waals surface area contributed by atoms with E-state index in [1.54, 1.807) is 24.4 Å². The number of carbonyl (C=O) groups excluding carboxylic acids is 2. The lowest BCUT2D eigenvalue weighted by atomic mass is 10.2. The second-order valence-electron chi connectivity index (χ2n) is 4.71. The number of nitrogen functional groups attached to an aromatic ring is 1. The zero-order chi connectivity index (χ0) is 19.7. The Balaban J connectivity index is 0.000000220. The lowest BCUT2D eigenvalue weighted by molar-refractivity contribution is 0.112. The van der Waals surface area contributed by atoms with Crippen LogP contribution < -0.4 is 22.9 Å². The zero-order valence-electron chi connectivity index (χ0n) is 13.3. The molecule has 1 aromatic heterocycles. The highest BCUT2D eigenvalue weighted by molar-refractivity contribution is 9.10. The topological polar surface area (TPSA) is 158 Å². The number of nitrogens with one attached hydrogen (secondary N) is 1. The van der Waals surface area contributed by atoms with Gasteiger partial charge in [0.1, 0.15) is 0 Å². The number of primary amides is 2. The molecule has 3 aromatic rings. The Hall–Kier alpha value is -2.72. The van der Waals surface area contributed by atoms with Crippen LogP contribution in [-0.4, -0.2) is 22.3 Å². The molecule has 0 fully saturated rings. The molecule has 136 valence electrons. The summed E-state index contributed by atoms with van der Waals surface area (Å²) in [6.45, 7) is 0. The van der Waals surface area contributed by atoms with E-state index in [-0.39, 0.29) is 5.69 Å². The minimum absolute atomic E-state index is 0.315. The fourth-order valence-electron chi connectivity index (χ4n) is 1.68. The molecule has 2 amide bonds. The summed E-state index contributed by atoms with van der Waals surface area (Å²) in [4.78, 5) is 36.3. The highest BCUT2D eigenvalue weighted by Gasteiger charge is 1.96. The number of halogens is 2. The second kappa shape index (κ2) is 10.3. The second-order valence-corrected chi connectivity index (χ2v) is 6.54. The van der Waals surface area contributed by atoms with Crippen molar-refractivity contribution in [1.82, 2.24) is 9.97 Å². The van der Waals surface area contributed by atoms with Crippen molar-refractivity contribution in [2.24, 2.45) is 11.5 Å². The third kappa shape index (κ3) is 7.45. The van der Waals surface area contributed by atoms with E-state index in [1.165, 1.54) is 0 Å². The molecule has 0 unspecified atom stereocenters. The molecular weight excluding hydrogens is 470 g/mol. The van der Waals surface area contributed by atoms with Crippen LogP contribution in [0.25, 0.3) is 10.9 Å². The summed E-state index contributed by atoms with van der Waals surface area (Å²) < 4.78 is 1.84. The van der Waals surface area contributed by atoms with Gasteiger partial charge in [-0.2, -0.15) is 0 Å². The van der Waals surface area contributed by atoms with Crippen molar-refractivity contribution in [1.29, 1.82) is 0 Å². The quantitative estimate of drug-likeness (QED) is 0.308. The molecule has 1 heterocycles. The average molecular weight is 485 g/mol. The van der Waals surface area contributed by atoms with Crippen LogP contribution in [-0.2, 0) is 0 Å². The van der Waals surface area contributed by atoms with Crippen LogP contribution >= 0.6 is 31.9 Å². The third-order valence-corrected chi connectivity index (χ3v) is 3.74. The van der Waals surface area contributed by atoms with E-state index in [1.807, 2.05) is 18.2 Å². The number of anilines is 1. The van der Waals surface area contributed by atoms with Gasteiger partial charge in [0.15, 0.2) is 6.29 Å². The minimum atomic E-state index is -0.833. The van der Waals surface area contributed by atoms with Crippen LogP contribution in [0, 0.1) is 0 Å². The first kappa shape index (κ1) is 21.3. The van der Waals surface area contributed by atoms with Gasteiger partial charge in [-0.05, 0) is 36.4 Å². The molecule has 0 bridgehead atoms. The Labute approximate surface area is 165 Å². The summed E-state index contributed by atoms with van der Waals surface area (Å²) in [5.74, 6) is 0. The molecule has 0 spiro atoms. The molecule has 3 rings (SSSR count). The van der Waals surface area contributed by atoms with Gasteiger partial charge in [0, 0.05) is 31.8 Å². The van der Waals surface area contributed by atoms with Crippen molar-refractivity contribution in [3.8, 4) is 0 Å². The molecule has 0 atom stereocenters. The van der Waals surface area contributed by atoms with Crippen LogP contribution in [0.3, 0.4) is 0 Å². The maximum Gasteiger partial charge on any atom is 0.345 e. The van der Waals surface area contributed by atoms with E-state index in [0.717, 1.165) is 26.1 Å². The number of rotatable bonds is 1. The normalized spacial score (nSPS) is 9.31. The van der Waals surface area contributed by atoms with E-state index in [0.29, 0.717) is 11.3 Å². The predicted molar refractivity (Wildman–Crippen MR) is 108 cm³/mol. The Morgan fingerprint density at radius 1 is 1.08 bits per heavy atom. The minimum Gasteiger partial charge on any atom is -0.398 e. The maximum atomic E-state index is 10.8. The number of H-pyrrole nitrogens is 1. The molecule has 8 nitrogen and oxygen atoms in total. The first-order valence-corrected chi connectivity index (χ1v) is 8.51. The summed E-state index contributed by atoms with van der Waals surface area (Å²) in [5, 5.41) is 0.920. The van der Waals surface area contributed by atoms with E-state index in [9.17, 15) is 9.59 Å². The summed E-state index contributed by atoms with van der Waals surface area (Å²) in [7, 11) is 0. The Kier molecular flexibility index (Phi) is 8.46. The van der Waals surface area contributed by atoms with Gasteiger partial charge < -0.3 is 22.2 Å². The summed E-state index contributed by atoms with van der Waals surface area (Å²) in [5.41, 5.74) is 15.5. The number of nitrogens with two attached hydrogens (primary N) is 3. The largest absolute Gasteiger partial charge is 0.398 e. The number of fused-ring (bicyclic) bond motifs is 1. The molecule has 7 N–H and O–H groups in total. The lowest BCUT2D eigenvalue weighted by Crippen LogP contribution is -2.18. The molecule has 0 radical (unpaired) electrons. The Bertz CT molecular complexity index is 972. The van der Waals surface area contributed by atoms with Gasteiger partial charge in [-0.3, -0.25) is 4.79 Å². The van der Waals surface area contributed by atoms with E-state index >= 15 is 0 Å². The number of benzene rings is 2. The third-order valence-electron chi connectivity index (χ3n) is 2.75. The summed E-state index contributed by atoms with van der Waals surface area (Å²) in [6, 6.07) is 9.94. The molecule has 0 saturated carbocycles. The van der Waals surface area contributed by atoms with Crippen molar-refractivity contribution in [2.75, 3.05) is 5.73 Å². The van der Waals surface area contributed by atoms with Crippen molar-refractivity contribution < 1.29 is 9.59 Å². The van der Waals surface area contributed by atoms with Gasteiger partial charge in [0.05, 0.1) is 5.52 Å². The highest BCUT2D eigenvalue weighted by atomic mass is 79.9. The number of aldehydes is 1. The van der Waals surface area contributed by atoms with E-state index < -0.39 is 6.03 Å². The molecule has 2 aromatic carbocycles. The fraction of sp³-hybridized carbons (Fsp3) is 0. The molecule has 10 heteroatoms. The van der Waals surface area contributed by atoms with Gasteiger partial charge in [0.2, 0.25) is 0 Å². The van der Waals surface area contributed by atoms with Gasteiger partial charge in [-0.15, -0.1) is 0 Å². The number of nitrogens with zero attached hydrogens (tertiary/aromatic N) is 1. The van der Waals surface area contributed by atoms with Crippen LogP contribution in [0.5, 0.6) is 0 Å². The molecule has 0 aliphatic carbocycles. The molecule has 0 aliphatic rings. The van der Waals surface area contributed by atoms with Gasteiger partial charge in [-0.25, -0.2) is 14.6 Å². The average Bonchev–Trinajstić information content (AvgIpc) is 2.57. The van der Waals surface area contributed by atoms with Crippen molar-refractivity contribution >= 4 is 60.8 Å². The number of aromatic nitrogens is 2. The first-order chi connectivity index (χ1) is 12.2. The number of hydrogen-bond acceptors (Lipinski definition) is 5. The summed E-state index contributed by atoms with van der Waals surface area (Å²) >= 11 is 6.55. The highest BCUT2D eigenvalue weighted by Crippen LogP contribution is 2.16. The number of aromatic amines is 1. The smallest absolute Gasteiger partial charge is 0.345 e. The number of hydrogen-bond donors (Lipinski definition) is 4. The summed E-state index contributed by atoms with van der Waals surface area (Å²) in [6.07, 6.45) is 2.29. The van der Waals surface area contributed by atoms with Gasteiger partial charge >= 0.3 is 11.7 Å². The van der Waals surface area contributed by atoms with Crippen LogP contribution in [0.1, 0.15) is 10.4 Å². The number of carbonyl (C=O) groups is 2. The van der Waals surface area contributed by atoms with Crippen molar-refractivity contribution in [3.05, 3.63) is 67.6 Å². The van der Waals surface area contributed by atoms with Gasteiger partial charge in [-0.1, -0.05) is 31.9 Å². The van der Waals surface area contributed by atoms with Crippen LogP contribution in [0.4, 0.5) is 10.5 Å². The SMILES string of the molecule is NC(N)=O.Nc1ccc(Br)cc1C=O.O=c1ncc2cc(Br)ccc2[nH]1. The maximum absolute atomic E-state index is 10.8. The standard InChI is InChI=1S/C8H5BrN2O.C7H6BrNO.CH4N2O/c9-6-1-2-7-5(3-6)4-10-8(12)11-7;8-6-1-2-7(9)5(3-6)4-10;2-1(3)4/h1-4H,(H,10,11,12);1-4H,9H2;(H4,2,3,4). The zero-order valence-corrected chi connectivity index (χ0v) is 16.5. The van der Waals surface area contributed by atoms with Crippen molar-refractivity contribution in [2.45, 2.75) is 0 Å². The van der Waals surface area contributed by atoms with Crippen LogP contribution in [0.15, 0.2) is 56.3 Å². The molecule has 0 aliphatic heterocycles. The monoisotopic (exact) mass is 483 g/mol. The predicted octanol–water partition coefficient (Wildman–Crippen LogP) is 2.55. The molecule has 26 heavy (non-hydrogen) atoms. The number of amides is 2. The lowest BCUT2D eigenvalue weighted by Gasteiger charge is -1.96. The fourth-order valence-corrected chi connectivity index (χ4v) is 2.44. The van der Waals surface area contributed by atoms with Crippen LogP contribution in [0.2, 0.25) is 0 Å². The van der Waals surface area contributed by atoms with E-state index in [2.05, 4.69) is 53.3 Å². The molecular formula is C16H15Br2N5O3. The molecule has 0 saturated heterocycles. The Morgan fingerprint density at radius 2 is 1.65 bits per heavy atom. The van der Waals surface area contributed by atoms with Crippen molar-refractivity contribution in [3.63, 3.8) is 0 Å².